The number of carboxylic acids is 1. The Bertz CT molecular complexity index is 4240. The van der Waals surface area contributed by atoms with Crippen LogP contribution in [0.2, 0.25) is 0 Å². The van der Waals surface area contributed by atoms with Crippen LogP contribution in [0.1, 0.15) is 108 Å². The molecule has 124 heavy (non-hydrogen) atoms. The lowest BCUT2D eigenvalue weighted by atomic mass is 9.96. The van der Waals surface area contributed by atoms with Crippen molar-refractivity contribution >= 4 is 138 Å². The van der Waals surface area contributed by atoms with Crippen LogP contribution in [0.15, 0.2) is 115 Å². The maximum atomic E-state index is 15.1. The Labute approximate surface area is 729 Å². The van der Waals surface area contributed by atoms with Crippen LogP contribution < -0.4 is 103 Å². The first-order chi connectivity index (χ1) is 59.0. The molecular weight excluding hydrogens is 1650 g/mol. The largest absolute Gasteiger partial charge is 0.481 e. The normalized spacial score (nSPS) is 14.6. The molecule has 0 saturated carbocycles. The van der Waals surface area contributed by atoms with E-state index in [1.54, 1.807) is 136 Å². The molecular formula is C81H119N23O18S2. The van der Waals surface area contributed by atoms with E-state index >= 15 is 4.79 Å². The number of nitrogens with one attached hydrogen (secondary N) is 17. The molecule has 0 unspecified atom stereocenters. The summed E-state index contributed by atoms with van der Waals surface area (Å²) in [5.74, 6) is -18.6. The third-order valence-electron chi connectivity index (χ3n) is 19.9. The average Bonchev–Trinajstić information content (AvgIpc) is 0.780. The number of thiol groups is 2. The molecule has 41 nitrogen and oxygen atoms in total. The number of nitrogens with two attached hydrogens (primary N) is 5. The minimum absolute atomic E-state index is 0.00813. The van der Waals surface area contributed by atoms with Crippen LogP contribution in [0.3, 0.4) is 0 Å². The van der Waals surface area contributed by atoms with E-state index in [1.807, 2.05) is 0 Å². The maximum absolute atomic E-state index is 15.1. The van der Waals surface area contributed by atoms with Crippen molar-refractivity contribution in [3.8, 4) is 0 Å². The number of aliphatic hydroxyl groups excluding tert-OH is 2. The Hall–Kier alpha value is -12.5. The van der Waals surface area contributed by atoms with Gasteiger partial charge in [-0.05, 0) is 84.7 Å². The number of hydrogen-bond donors (Lipinski definition) is 27. The summed E-state index contributed by atoms with van der Waals surface area (Å²) in [6.07, 6.45) is -2.01. The quantitative estimate of drug-likeness (QED) is 0.00493. The number of guanidine groups is 3. The fraction of sp³-hybridized carbons (Fsp3) is 0.481. The Morgan fingerprint density at radius 3 is 1.12 bits per heavy atom. The molecule has 13 amide bonds. The molecule has 0 heterocycles. The molecule has 0 radical (unpaired) electrons. The van der Waals surface area contributed by atoms with E-state index < -0.39 is 216 Å². The van der Waals surface area contributed by atoms with Gasteiger partial charge in [-0.1, -0.05) is 144 Å². The van der Waals surface area contributed by atoms with E-state index in [0.29, 0.717) is 34.2 Å². The molecule has 0 aliphatic carbocycles. The van der Waals surface area contributed by atoms with Crippen LogP contribution in [-0.2, 0) is 97.6 Å². The van der Waals surface area contributed by atoms with Crippen molar-refractivity contribution < 1.29 is 87.2 Å². The molecule has 0 aliphatic heterocycles. The summed E-state index contributed by atoms with van der Waals surface area (Å²) in [7, 11) is 0. The van der Waals surface area contributed by atoms with Gasteiger partial charge in [0.2, 0.25) is 70.9 Å². The first-order valence-corrected chi connectivity index (χ1v) is 41.5. The molecule has 0 aromatic heterocycles. The van der Waals surface area contributed by atoms with Gasteiger partial charge in [0.25, 0.3) is 5.91 Å². The van der Waals surface area contributed by atoms with E-state index in [0.717, 1.165) is 4.90 Å². The topological polar surface area (TPSA) is 690 Å². The zero-order valence-corrected chi connectivity index (χ0v) is 71.3. The summed E-state index contributed by atoms with van der Waals surface area (Å²) >= 11 is 8.61. The minimum atomic E-state index is -2.03. The summed E-state index contributed by atoms with van der Waals surface area (Å²) in [4.78, 5) is 214. The summed E-state index contributed by atoms with van der Waals surface area (Å²) in [5.41, 5.74) is 30.4. The Morgan fingerprint density at radius 2 is 0.750 bits per heavy atom. The van der Waals surface area contributed by atoms with E-state index in [2.05, 4.69) is 99.7 Å². The third-order valence-corrected chi connectivity index (χ3v) is 20.6. The standard InChI is InChI=1S/C81H119N23O18S2/c1-5-45(3)65(102-68(112)54(26-17-33-91-80(86)87)93-70(114)56(35-47-19-10-7-11-20-47)95-71(115)57(36-48-21-12-8-13-22-48)96-74(118)61(43-123)100-73(117)60(42-107)99-67(111)53(83)41-106)76(120)97-58(39-64(109)110)72(116)94-55(27-18-34-92-81(88)89)69(113)103-66(46(4)6-2)77(121)101-62(44-124)75(119)98-59(37-49-23-14-9-15-24-49)78(122)104(52(40-105)25-16-32-90-79(84)85)63(108)38-50-28-30-51(82)31-29-50/h7-15,19-24,28-31,40,45-46,52-62,65-66,106-107,123-124H,5-6,16-18,25-27,32-39,41-44,82-83H2,1-4H3,(H,93,114)(H,94,116)(H,95,115)(H,96,118)(H,97,120)(H,98,119)(H,99,111)(H,100,117)(H,101,121)(H,102,112)(H,103,113)(H,109,110)(H4,84,85,90)(H4,86,87,91)(H4,88,89,92)/t45-,46-,52-,53-,54-,55-,56-,57-,58-,59-,60-,61-,62-,65-,66-/m0/s1. The molecule has 15 atom stereocenters. The second kappa shape index (κ2) is 54.8. The highest BCUT2D eigenvalue weighted by Gasteiger charge is 2.41. The van der Waals surface area contributed by atoms with Crippen molar-refractivity contribution in [1.29, 1.82) is 16.2 Å². The van der Waals surface area contributed by atoms with Gasteiger partial charge in [0.1, 0.15) is 78.8 Å². The van der Waals surface area contributed by atoms with Gasteiger partial charge in [-0.15, -0.1) is 0 Å². The third kappa shape index (κ3) is 36.3. The van der Waals surface area contributed by atoms with E-state index in [4.69, 9.17) is 44.9 Å². The van der Waals surface area contributed by atoms with E-state index in [9.17, 15) is 82.4 Å². The fourth-order valence-electron chi connectivity index (χ4n) is 12.5. The van der Waals surface area contributed by atoms with Gasteiger partial charge in [0.15, 0.2) is 17.9 Å². The molecule has 0 saturated heterocycles. The number of nitrogens with zero attached hydrogens (tertiary/aromatic N) is 1. The number of carbonyl (C=O) groups is 15. The summed E-state index contributed by atoms with van der Waals surface area (Å²) in [5, 5.41) is 88.3. The second-order valence-electron chi connectivity index (χ2n) is 29.5. The molecule has 678 valence electrons. The lowest BCUT2D eigenvalue weighted by Gasteiger charge is -2.32. The molecule has 0 fully saturated rings. The van der Waals surface area contributed by atoms with Crippen molar-refractivity contribution in [2.75, 3.05) is 50.1 Å². The number of imide groups is 1. The highest BCUT2D eigenvalue weighted by atomic mass is 32.1. The number of benzene rings is 4. The zero-order chi connectivity index (χ0) is 92.1. The van der Waals surface area contributed by atoms with Crippen LogP contribution in [0.5, 0.6) is 0 Å². The van der Waals surface area contributed by atoms with Crippen LogP contribution in [0.25, 0.3) is 0 Å². The number of carbonyl (C=O) groups excluding carboxylic acids is 14. The monoisotopic (exact) mass is 1770 g/mol. The molecule has 4 aromatic rings. The fourth-order valence-corrected chi connectivity index (χ4v) is 13.0. The highest BCUT2D eigenvalue weighted by molar-refractivity contribution is 7.80. The summed E-state index contributed by atoms with van der Waals surface area (Å²) < 4.78 is 0. The maximum Gasteiger partial charge on any atom is 0.305 e. The molecule has 4 aromatic carbocycles. The molecule has 0 spiro atoms. The Kier molecular flexibility index (Phi) is 45.9. The Morgan fingerprint density at radius 1 is 0.419 bits per heavy atom. The SMILES string of the molecule is CC[C@H](C)[C@H](NC(=O)[C@H](CCCNC(=N)N)NC(=O)[C@H](Cc1ccccc1)NC(=O)[C@H](Cc1ccccc1)NC(=O)[C@H](CS)NC(=O)[C@H](CO)NC(=O)[C@@H](N)CO)C(=O)N[C@@H](CC(=O)O)C(=O)N[C@@H](CCCNC(=N)N)C(=O)N[C@H](C(=O)N[C@@H](CS)C(=O)N[C@@H](Cc1ccccc1)C(=O)N(C(=O)Cc1ccc(N)cc1)[C@H](C=O)CCCNC(=N)N)[C@@H](C)CC. The number of rotatable bonds is 55. The summed E-state index contributed by atoms with van der Waals surface area (Å²) in [6, 6.07) is 10.4. The van der Waals surface area contributed by atoms with Crippen molar-refractivity contribution in [3.63, 3.8) is 0 Å². The number of nitrogen functional groups attached to an aromatic ring is 1. The number of aliphatic carboxylic acids is 1. The predicted molar refractivity (Wildman–Crippen MR) is 466 cm³/mol. The predicted octanol–water partition coefficient (Wildman–Crippen LogP) is -4.68. The number of carboxylic acid groups (broad SMARTS) is 1. The first-order valence-electron chi connectivity index (χ1n) is 40.3. The van der Waals surface area contributed by atoms with Crippen LogP contribution >= 0.6 is 25.3 Å². The lowest BCUT2D eigenvalue weighted by Crippen LogP contribution is -2.62. The lowest BCUT2D eigenvalue weighted by molar-refractivity contribution is -0.151. The minimum Gasteiger partial charge on any atom is -0.481 e. The number of anilines is 1. The van der Waals surface area contributed by atoms with Crippen LogP contribution in [-0.4, -0.2) is 250 Å². The molecule has 30 N–H and O–H groups in total. The van der Waals surface area contributed by atoms with Gasteiger partial charge in [-0.2, -0.15) is 25.3 Å². The van der Waals surface area contributed by atoms with Crippen molar-refractivity contribution in [2.24, 2.45) is 34.8 Å². The van der Waals surface area contributed by atoms with Gasteiger partial charge < -0.3 is 123 Å². The number of aldehydes is 1. The van der Waals surface area contributed by atoms with E-state index in [-0.39, 0.29) is 103 Å². The van der Waals surface area contributed by atoms with Gasteiger partial charge in [-0.25, -0.2) is 0 Å². The van der Waals surface area contributed by atoms with Gasteiger partial charge >= 0.3 is 5.97 Å². The van der Waals surface area contributed by atoms with Gasteiger partial charge in [-0.3, -0.25) is 88.3 Å². The second-order valence-corrected chi connectivity index (χ2v) is 30.2. The summed E-state index contributed by atoms with van der Waals surface area (Å²) in [6.45, 7) is 4.67. The number of aliphatic hydroxyl groups is 2. The van der Waals surface area contributed by atoms with Crippen molar-refractivity contribution in [2.45, 2.75) is 190 Å². The molecule has 43 heteroatoms. The van der Waals surface area contributed by atoms with Crippen LogP contribution in [0, 0.1) is 28.1 Å². The highest BCUT2D eigenvalue weighted by Crippen LogP contribution is 2.19. The van der Waals surface area contributed by atoms with Gasteiger partial charge in [0.05, 0.1) is 32.1 Å². The zero-order valence-electron chi connectivity index (χ0n) is 69.5. The molecule has 4 rings (SSSR count). The Balaban J connectivity index is 1.68. The van der Waals surface area contributed by atoms with Crippen molar-refractivity contribution in [1.82, 2.24) is 79.3 Å². The first kappa shape index (κ1) is 104. The van der Waals surface area contributed by atoms with Gasteiger partial charge in [0, 0.05) is 56.1 Å². The average molecular weight is 1770 g/mol. The number of hydrogen-bond acceptors (Lipinski definition) is 24. The molecule has 0 bridgehead atoms. The molecule has 0 aliphatic rings. The smallest absolute Gasteiger partial charge is 0.305 e. The van der Waals surface area contributed by atoms with Crippen LogP contribution in [0.4, 0.5) is 5.69 Å². The number of amides is 13. The van der Waals surface area contributed by atoms with E-state index in [1.165, 1.54) is 6.92 Å². The van der Waals surface area contributed by atoms with Crippen molar-refractivity contribution in [3.05, 3.63) is 138 Å².